The van der Waals surface area contributed by atoms with Crippen molar-refractivity contribution in [3.63, 3.8) is 0 Å². The molecule has 2 N–H and O–H groups in total. The fourth-order valence-electron chi connectivity index (χ4n) is 2.59. The van der Waals surface area contributed by atoms with Gasteiger partial charge in [-0.2, -0.15) is 13.2 Å². The average molecular weight is 459 g/mol. The summed E-state index contributed by atoms with van der Waals surface area (Å²) in [5.41, 5.74) is 0. The summed E-state index contributed by atoms with van der Waals surface area (Å²) in [4.78, 5) is 56.5. The summed E-state index contributed by atoms with van der Waals surface area (Å²) in [6.45, 7) is 1.14. The maximum Gasteiger partial charge on any atom is 0.471 e. The van der Waals surface area contributed by atoms with Gasteiger partial charge in [0.25, 0.3) is 0 Å². The van der Waals surface area contributed by atoms with Crippen molar-refractivity contribution in [2.24, 2.45) is 0 Å². The number of carbonyl (C=O) groups is 5. The van der Waals surface area contributed by atoms with Crippen molar-refractivity contribution in [1.82, 2.24) is 5.32 Å². The number of carbonyl (C=O) groups excluding carboxylic acids is 4. The van der Waals surface area contributed by atoms with Crippen LogP contribution in [0.15, 0.2) is 0 Å². The summed E-state index contributed by atoms with van der Waals surface area (Å²) in [5.74, 6) is -6.83. The molecule has 1 fully saturated rings. The van der Waals surface area contributed by atoms with Crippen molar-refractivity contribution in [1.29, 1.82) is 0 Å². The van der Waals surface area contributed by atoms with E-state index >= 15 is 0 Å². The summed E-state index contributed by atoms with van der Waals surface area (Å²) in [5, 5.41) is 10.3. The van der Waals surface area contributed by atoms with Gasteiger partial charge in [-0.1, -0.05) is 0 Å². The molecule has 1 saturated heterocycles. The lowest BCUT2D eigenvalue weighted by atomic mass is 9.96. The fraction of sp³-hybridized carbons (Fsp3) is 0.688. The molecule has 0 radical (unpaired) electrons. The maximum absolute atomic E-state index is 12.8. The molecule has 1 amide bonds. The van der Waals surface area contributed by atoms with Gasteiger partial charge >= 0.3 is 36.0 Å². The van der Waals surface area contributed by atoms with E-state index < -0.39 is 79.8 Å². The number of carboxylic acids is 1. The van der Waals surface area contributed by atoms with E-state index in [4.69, 9.17) is 28.8 Å². The first-order valence-corrected chi connectivity index (χ1v) is 8.56. The minimum atomic E-state index is -5.37. The summed E-state index contributed by atoms with van der Waals surface area (Å²) < 4.78 is 63.3. The molecule has 176 valence electrons. The van der Waals surface area contributed by atoms with E-state index in [0.29, 0.717) is 0 Å². The van der Waals surface area contributed by atoms with Crippen LogP contribution in [0.5, 0.6) is 0 Å². The molecule has 12 nitrogen and oxygen atoms in total. The molecule has 0 spiro atoms. The van der Waals surface area contributed by atoms with Crippen LogP contribution >= 0.6 is 0 Å². The Bertz CT molecular complexity index is 711. The number of nitrogens with one attached hydrogen (secondary N) is 1. The minimum Gasteiger partial charge on any atom is -0.480 e. The van der Waals surface area contributed by atoms with Crippen LogP contribution in [0, 0.1) is 0 Å². The first-order chi connectivity index (χ1) is 14.2. The van der Waals surface area contributed by atoms with E-state index in [0.717, 1.165) is 20.8 Å². The SMILES string of the molecule is CC(=O)OC[C@H]1O[C@@H](OCC(=O)O)[C@H](NC(=O)C(F)(F)F)[C@@H](OC(C)=O)[C@@H]1OC(C)=O. The normalized spacial score (nSPS) is 25.8. The van der Waals surface area contributed by atoms with Crippen molar-refractivity contribution in [2.45, 2.75) is 57.6 Å². The average Bonchev–Trinajstić information content (AvgIpc) is 2.60. The molecule has 1 rings (SSSR count). The van der Waals surface area contributed by atoms with Gasteiger partial charge in [-0.25, -0.2) is 4.79 Å². The standard InChI is InChI=1S/C16H20F3NO11/c1-6(21)27-4-9-12(29-7(2)22)13(30-8(3)23)11(20-15(26)16(17,18)19)14(31-9)28-5-10(24)25/h9,11-14H,4-5H2,1-3H3,(H,20,26)(H,24,25)/t9-,11-,12-,13-,14-/m1/s1. The number of amides is 1. The summed E-state index contributed by atoms with van der Waals surface area (Å²) in [6, 6.07) is -1.95. The third-order valence-corrected chi connectivity index (χ3v) is 3.63. The molecule has 1 aliphatic heterocycles. The predicted octanol–water partition coefficient (Wildman–Crippen LogP) is -0.714. The highest BCUT2D eigenvalue weighted by molar-refractivity contribution is 5.82. The summed E-state index contributed by atoms with van der Waals surface area (Å²) >= 11 is 0. The third-order valence-electron chi connectivity index (χ3n) is 3.63. The lowest BCUT2D eigenvalue weighted by Crippen LogP contribution is -2.67. The molecule has 0 saturated carbocycles. The predicted molar refractivity (Wildman–Crippen MR) is 88.0 cm³/mol. The van der Waals surface area contributed by atoms with Gasteiger partial charge in [0.05, 0.1) is 0 Å². The smallest absolute Gasteiger partial charge is 0.471 e. The Hall–Kier alpha value is -2.94. The molecule has 0 aliphatic carbocycles. The molecular weight excluding hydrogens is 439 g/mol. The number of hydrogen-bond acceptors (Lipinski definition) is 10. The molecule has 5 atom stereocenters. The van der Waals surface area contributed by atoms with E-state index in [9.17, 15) is 37.1 Å². The van der Waals surface area contributed by atoms with Crippen LogP contribution in [0.2, 0.25) is 0 Å². The number of alkyl halides is 3. The quantitative estimate of drug-likeness (QED) is 0.348. The Kier molecular flexibility index (Phi) is 9.18. The van der Waals surface area contributed by atoms with Gasteiger partial charge in [-0.3, -0.25) is 19.2 Å². The molecule has 31 heavy (non-hydrogen) atoms. The van der Waals surface area contributed by atoms with Crippen molar-refractivity contribution < 1.29 is 65.9 Å². The summed E-state index contributed by atoms with van der Waals surface area (Å²) in [6.07, 6.45) is -12.2. The number of ether oxygens (including phenoxy) is 5. The zero-order valence-electron chi connectivity index (χ0n) is 16.5. The highest BCUT2D eigenvalue weighted by Gasteiger charge is 2.53. The van der Waals surface area contributed by atoms with Crippen LogP contribution in [-0.4, -0.2) is 84.9 Å². The molecule has 0 aromatic heterocycles. The van der Waals surface area contributed by atoms with E-state index in [1.54, 1.807) is 0 Å². The van der Waals surface area contributed by atoms with Crippen molar-refractivity contribution in [3.8, 4) is 0 Å². The highest BCUT2D eigenvalue weighted by atomic mass is 19.4. The lowest BCUT2D eigenvalue weighted by Gasteiger charge is -2.44. The van der Waals surface area contributed by atoms with Crippen molar-refractivity contribution >= 4 is 29.8 Å². The van der Waals surface area contributed by atoms with Crippen LogP contribution in [0.4, 0.5) is 13.2 Å². The Morgan fingerprint density at radius 3 is 1.97 bits per heavy atom. The Labute approximate surface area is 172 Å². The number of esters is 3. The number of rotatable bonds is 8. The second-order valence-corrected chi connectivity index (χ2v) is 6.20. The third kappa shape index (κ3) is 8.37. The van der Waals surface area contributed by atoms with Crippen LogP contribution < -0.4 is 5.32 Å². The van der Waals surface area contributed by atoms with Gasteiger partial charge in [0.1, 0.15) is 25.4 Å². The zero-order chi connectivity index (χ0) is 23.9. The second kappa shape index (κ2) is 10.9. The maximum atomic E-state index is 12.8. The van der Waals surface area contributed by atoms with Crippen molar-refractivity contribution in [3.05, 3.63) is 0 Å². The zero-order valence-corrected chi connectivity index (χ0v) is 16.5. The van der Waals surface area contributed by atoms with E-state index in [1.807, 2.05) is 0 Å². The molecule has 1 aliphatic rings. The number of halogens is 3. The van der Waals surface area contributed by atoms with Gasteiger partial charge in [-0.05, 0) is 0 Å². The van der Waals surface area contributed by atoms with Crippen LogP contribution in [0.3, 0.4) is 0 Å². The Morgan fingerprint density at radius 1 is 0.968 bits per heavy atom. The topological polar surface area (TPSA) is 164 Å². The minimum absolute atomic E-state index is 0.627. The number of carboxylic acid groups (broad SMARTS) is 1. The highest BCUT2D eigenvalue weighted by Crippen LogP contribution is 2.29. The van der Waals surface area contributed by atoms with Gasteiger partial charge in [0.2, 0.25) is 0 Å². The van der Waals surface area contributed by atoms with E-state index in [1.165, 1.54) is 5.32 Å². The van der Waals surface area contributed by atoms with Crippen molar-refractivity contribution in [2.75, 3.05) is 13.2 Å². The first-order valence-electron chi connectivity index (χ1n) is 8.56. The van der Waals surface area contributed by atoms with E-state index in [-0.39, 0.29) is 0 Å². The molecule has 0 bridgehead atoms. The van der Waals surface area contributed by atoms with Gasteiger partial charge in [0.15, 0.2) is 18.5 Å². The molecule has 15 heteroatoms. The lowest BCUT2D eigenvalue weighted by molar-refractivity contribution is -0.278. The molecule has 0 aromatic carbocycles. The van der Waals surface area contributed by atoms with Crippen LogP contribution in [-0.2, 0) is 47.7 Å². The summed E-state index contributed by atoms with van der Waals surface area (Å²) in [7, 11) is 0. The Balaban J connectivity index is 3.38. The number of hydrogen-bond donors (Lipinski definition) is 2. The van der Waals surface area contributed by atoms with Gasteiger partial charge in [0, 0.05) is 20.8 Å². The Morgan fingerprint density at radius 2 is 1.52 bits per heavy atom. The molecule has 0 unspecified atom stereocenters. The first kappa shape index (κ1) is 26.1. The largest absolute Gasteiger partial charge is 0.480 e. The monoisotopic (exact) mass is 459 g/mol. The van der Waals surface area contributed by atoms with Crippen LogP contribution in [0.1, 0.15) is 20.8 Å². The van der Waals surface area contributed by atoms with Crippen LogP contribution in [0.25, 0.3) is 0 Å². The molecule has 0 aromatic rings. The molecular formula is C16H20F3NO11. The number of aliphatic carboxylic acids is 1. The second-order valence-electron chi connectivity index (χ2n) is 6.20. The van der Waals surface area contributed by atoms with E-state index in [2.05, 4.69) is 0 Å². The van der Waals surface area contributed by atoms with Gasteiger partial charge < -0.3 is 34.1 Å². The molecule has 1 heterocycles. The fourth-order valence-corrected chi connectivity index (χ4v) is 2.59. The van der Waals surface area contributed by atoms with Gasteiger partial charge in [-0.15, -0.1) is 0 Å².